The van der Waals surface area contributed by atoms with Crippen LogP contribution in [0.5, 0.6) is 17.2 Å². The molecule has 7 heteroatoms. The number of H-pyrrole nitrogens is 1. The van der Waals surface area contributed by atoms with Crippen LogP contribution in [0.1, 0.15) is 12.5 Å². The van der Waals surface area contributed by atoms with Gasteiger partial charge >= 0.3 is 0 Å². The van der Waals surface area contributed by atoms with Crippen molar-refractivity contribution in [3.8, 4) is 28.6 Å². The number of nitrogens with zero attached hydrogens (tertiary/aromatic N) is 3. The van der Waals surface area contributed by atoms with Crippen LogP contribution in [-0.2, 0) is 0 Å². The van der Waals surface area contributed by atoms with E-state index in [1.807, 2.05) is 85.8 Å². The number of ether oxygens (including phenoxy) is 2. The first-order chi connectivity index (χ1) is 14.7. The molecule has 150 valence electrons. The molecule has 30 heavy (non-hydrogen) atoms. The monoisotopic (exact) mass is 416 g/mol. The van der Waals surface area contributed by atoms with E-state index in [1.54, 1.807) is 10.9 Å². The largest absolute Gasteiger partial charge is 0.494 e. The van der Waals surface area contributed by atoms with E-state index in [0.29, 0.717) is 17.2 Å². The molecule has 1 aromatic heterocycles. The van der Waals surface area contributed by atoms with Crippen molar-refractivity contribution in [1.82, 2.24) is 14.9 Å². The molecule has 0 saturated carbocycles. The third-order valence-corrected chi connectivity index (χ3v) is 4.48. The van der Waals surface area contributed by atoms with Gasteiger partial charge in [0.2, 0.25) is 4.77 Å². The van der Waals surface area contributed by atoms with Gasteiger partial charge in [-0.25, -0.2) is 5.10 Å². The Morgan fingerprint density at radius 2 is 1.73 bits per heavy atom. The highest BCUT2D eigenvalue weighted by Gasteiger charge is 2.09. The van der Waals surface area contributed by atoms with Crippen LogP contribution < -0.4 is 9.47 Å². The minimum absolute atomic E-state index is 0.403. The maximum atomic E-state index is 5.89. The highest BCUT2D eigenvalue weighted by molar-refractivity contribution is 7.71. The van der Waals surface area contributed by atoms with Crippen LogP contribution in [0.2, 0.25) is 0 Å². The van der Waals surface area contributed by atoms with E-state index in [0.717, 1.165) is 28.4 Å². The Labute approximate surface area is 179 Å². The second kappa shape index (κ2) is 9.19. The van der Waals surface area contributed by atoms with Gasteiger partial charge in [0.15, 0.2) is 5.82 Å². The van der Waals surface area contributed by atoms with E-state index in [4.69, 9.17) is 21.7 Å². The molecular formula is C23H20N4O2S. The van der Waals surface area contributed by atoms with Crippen molar-refractivity contribution in [1.29, 1.82) is 0 Å². The standard InChI is InChI=1S/C23H20N4O2S/c1-2-28-20-12-7-9-18(15-20)22-25-26-23(30)27(22)24-16-17-8-6-13-21(14-17)29-19-10-4-3-5-11-19/h3-16H,2H2,1H3,(H,26,30)/b24-16-. The summed E-state index contributed by atoms with van der Waals surface area (Å²) in [5, 5.41) is 11.7. The van der Waals surface area contributed by atoms with Gasteiger partial charge in [-0.15, -0.1) is 0 Å². The zero-order valence-corrected chi connectivity index (χ0v) is 17.2. The zero-order chi connectivity index (χ0) is 20.8. The van der Waals surface area contributed by atoms with Gasteiger partial charge in [-0.2, -0.15) is 14.9 Å². The maximum absolute atomic E-state index is 5.89. The topological polar surface area (TPSA) is 64.4 Å². The number of benzene rings is 3. The lowest BCUT2D eigenvalue weighted by molar-refractivity contribution is 0.340. The Morgan fingerprint density at radius 3 is 2.57 bits per heavy atom. The normalized spacial score (nSPS) is 11.0. The van der Waals surface area contributed by atoms with Gasteiger partial charge in [0.05, 0.1) is 12.8 Å². The van der Waals surface area contributed by atoms with Gasteiger partial charge in [-0.3, -0.25) is 0 Å². The summed E-state index contributed by atoms with van der Waals surface area (Å²) >= 11 is 5.36. The highest BCUT2D eigenvalue weighted by atomic mass is 32.1. The fourth-order valence-corrected chi connectivity index (χ4v) is 3.06. The average molecular weight is 417 g/mol. The van der Waals surface area contributed by atoms with E-state index < -0.39 is 0 Å². The van der Waals surface area contributed by atoms with Crippen LogP contribution in [0.4, 0.5) is 0 Å². The van der Waals surface area contributed by atoms with Crippen molar-refractivity contribution < 1.29 is 9.47 Å². The van der Waals surface area contributed by atoms with Crippen molar-refractivity contribution in [3.05, 3.63) is 89.2 Å². The molecule has 0 saturated heterocycles. The van der Waals surface area contributed by atoms with E-state index in [2.05, 4.69) is 15.3 Å². The fraction of sp³-hybridized carbons (Fsp3) is 0.0870. The number of hydrogen-bond acceptors (Lipinski definition) is 5. The SMILES string of the molecule is CCOc1cccc(-c2n[nH]c(=S)n2/N=C\c2cccc(Oc3ccccc3)c2)c1. The summed E-state index contributed by atoms with van der Waals surface area (Å²) in [7, 11) is 0. The first-order valence-electron chi connectivity index (χ1n) is 9.51. The minimum Gasteiger partial charge on any atom is -0.494 e. The fourth-order valence-electron chi connectivity index (χ4n) is 2.88. The molecule has 0 unspecified atom stereocenters. The van der Waals surface area contributed by atoms with Gasteiger partial charge in [-0.05, 0) is 61.1 Å². The van der Waals surface area contributed by atoms with E-state index >= 15 is 0 Å². The lowest BCUT2D eigenvalue weighted by Gasteiger charge is -2.06. The molecule has 0 radical (unpaired) electrons. The van der Waals surface area contributed by atoms with Gasteiger partial charge in [0.25, 0.3) is 0 Å². The van der Waals surface area contributed by atoms with Crippen LogP contribution in [0.25, 0.3) is 11.4 Å². The summed E-state index contributed by atoms with van der Waals surface area (Å²) in [6.45, 7) is 2.54. The van der Waals surface area contributed by atoms with E-state index in [1.165, 1.54) is 0 Å². The van der Waals surface area contributed by atoms with Crippen molar-refractivity contribution in [3.63, 3.8) is 0 Å². The smallest absolute Gasteiger partial charge is 0.216 e. The van der Waals surface area contributed by atoms with Gasteiger partial charge in [0.1, 0.15) is 17.2 Å². The summed E-state index contributed by atoms with van der Waals surface area (Å²) in [6.07, 6.45) is 1.72. The molecule has 0 aliphatic heterocycles. The molecule has 0 bridgehead atoms. The first kappa shape index (κ1) is 19.6. The van der Waals surface area contributed by atoms with Crippen molar-refractivity contribution in [2.75, 3.05) is 6.61 Å². The second-order valence-electron chi connectivity index (χ2n) is 6.36. The molecule has 4 aromatic rings. The highest BCUT2D eigenvalue weighted by Crippen LogP contribution is 2.23. The van der Waals surface area contributed by atoms with Crippen molar-refractivity contribution in [2.24, 2.45) is 5.10 Å². The number of rotatable bonds is 7. The molecule has 0 spiro atoms. The molecule has 0 atom stereocenters. The molecule has 0 aliphatic rings. The summed E-state index contributed by atoms with van der Waals surface area (Å²) in [4.78, 5) is 0. The Balaban J connectivity index is 1.60. The predicted molar refractivity (Wildman–Crippen MR) is 120 cm³/mol. The predicted octanol–water partition coefficient (Wildman–Crippen LogP) is 5.68. The van der Waals surface area contributed by atoms with Crippen molar-refractivity contribution in [2.45, 2.75) is 6.92 Å². The Hall–Kier alpha value is -3.71. The lowest BCUT2D eigenvalue weighted by Crippen LogP contribution is -1.96. The molecule has 1 heterocycles. The minimum atomic E-state index is 0.403. The quantitative estimate of drug-likeness (QED) is 0.311. The number of aromatic amines is 1. The Kier molecular flexibility index (Phi) is 6.01. The van der Waals surface area contributed by atoms with Crippen LogP contribution in [0.15, 0.2) is 84.0 Å². The summed E-state index contributed by atoms with van der Waals surface area (Å²) in [5.74, 6) is 2.88. The lowest BCUT2D eigenvalue weighted by atomic mass is 10.2. The number of aromatic nitrogens is 3. The Morgan fingerprint density at radius 1 is 0.967 bits per heavy atom. The third kappa shape index (κ3) is 4.64. The number of nitrogens with one attached hydrogen (secondary N) is 1. The molecular weight excluding hydrogens is 396 g/mol. The van der Waals surface area contributed by atoms with Gasteiger partial charge < -0.3 is 9.47 Å². The van der Waals surface area contributed by atoms with E-state index in [9.17, 15) is 0 Å². The molecule has 0 amide bonds. The van der Waals surface area contributed by atoms with Crippen LogP contribution in [0.3, 0.4) is 0 Å². The first-order valence-corrected chi connectivity index (χ1v) is 9.92. The van der Waals surface area contributed by atoms with Crippen molar-refractivity contribution >= 4 is 18.4 Å². The summed E-state index contributed by atoms with van der Waals surface area (Å²) in [5.41, 5.74) is 1.73. The molecule has 6 nitrogen and oxygen atoms in total. The average Bonchev–Trinajstić information content (AvgIpc) is 3.14. The second-order valence-corrected chi connectivity index (χ2v) is 6.74. The molecule has 3 aromatic carbocycles. The van der Waals surface area contributed by atoms with E-state index in [-0.39, 0.29) is 0 Å². The van der Waals surface area contributed by atoms with Crippen LogP contribution in [0, 0.1) is 4.77 Å². The molecule has 1 N–H and O–H groups in total. The van der Waals surface area contributed by atoms with Gasteiger partial charge in [0, 0.05) is 5.56 Å². The molecule has 0 fully saturated rings. The molecule has 4 rings (SSSR count). The summed E-state index contributed by atoms with van der Waals surface area (Å²) in [6, 6.07) is 25.0. The number of hydrogen-bond donors (Lipinski definition) is 1. The van der Waals surface area contributed by atoms with Gasteiger partial charge in [-0.1, -0.05) is 42.5 Å². The summed E-state index contributed by atoms with van der Waals surface area (Å²) < 4.78 is 13.5. The Bertz CT molecular complexity index is 1220. The van der Waals surface area contributed by atoms with Crippen LogP contribution in [-0.4, -0.2) is 27.7 Å². The zero-order valence-electron chi connectivity index (χ0n) is 16.4. The maximum Gasteiger partial charge on any atom is 0.216 e. The number of para-hydroxylation sites is 1. The van der Waals surface area contributed by atoms with Crippen LogP contribution >= 0.6 is 12.2 Å². The molecule has 0 aliphatic carbocycles. The third-order valence-electron chi connectivity index (χ3n) is 4.21.